The molecule has 0 N–H and O–H groups in total. The molecule has 0 bridgehead atoms. The van der Waals surface area contributed by atoms with Gasteiger partial charge in [0.15, 0.2) is 0 Å². The van der Waals surface area contributed by atoms with Crippen molar-refractivity contribution in [2.45, 2.75) is 54.4 Å². The second-order valence-corrected chi connectivity index (χ2v) is 3.06. The molecule has 0 fully saturated rings. The third-order valence-corrected chi connectivity index (χ3v) is 1.57. The van der Waals surface area contributed by atoms with Crippen LogP contribution in [0.3, 0.4) is 0 Å². The zero-order valence-electron chi connectivity index (χ0n) is 12.2. The van der Waals surface area contributed by atoms with Crippen LogP contribution in [0.15, 0.2) is 48.6 Å². The van der Waals surface area contributed by atoms with Crippen LogP contribution >= 0.6 is 0 Å². The van der Waals surface area contributed by atoms with Gasteiger partial charge in [0.05, 0.1) is 0 Å². The van der Waals surface area contributed by atoms with E-state index in [9.17, 15) is 0 Å². The van der Waals surface area contributed by atoms with Gasteiger partial charge in [0.2, 0.25) is 0 Å². The first kappa shape index (κ1) is 20.4. The predicted molar refractivity (Wildman–Crippen MR) is 79.8 cm³/mol. The van der Waals surface area contributed by atoms with Gasteiger partial charge in [-0.1, -0.05) is 78.5 Å². The molecule has 0 atom stereocenters. The van der Waals surface area contributed by atoms with Crippen molar-refractivity contribution in [1.82, 2.24) is 0 Å². The van der Waals surface area contributed by atoms with Crippen molar-refractivity contribution < 1.29 is 0 Å². The Morgan fingerprint density at radius 3 is 1.69 bits per heavy atom. The summed E-state index contributed by atoms with van der Waals surface area (Å²) in [5.74, 6) is 0. The lowest BCUT2D eigenvalue weighted by atomic mass is 10.0. The van der Waals surface area contributed by atoms with Gasteiger partial charge in [-0.25, -0.2) is 0 Å². The van der Waals surface area contributed by atoms with Gasteiger partial charge >= 0.3 is 0 Å². The molecule has 16 heavy (non-hydrogen) atoms. The Kier molecular flexibility index (Phi) is 20.9. The molecule has 0 heterocycles. The van der Waals surface area contributed by atoms with Gasteiger partial charge in [-0.2, -0.15) is 0 Å². The lowest BCUT2D eigenvalue weighted by molar-refractivity contribution is 0.922. The minimum Gasteiger partial charge on any atom is -0.0961 e. The Hall–Kier alpha value is -1.04. The second kappa shape index (κ2) is 16.4. The van der Waals surface area contributed by atoms with Crippen molar-refractivity contribution in [3.05, 3.63) is 48.6 Å². The molecule has 0 aliphatic rings. The van der Waals surface area contributed by atoms with E-state index in [0.29, 0.717) is 0 Å². The summed E-state index contributed by atoms with van der Waals surface area (Å²) in [5.41, 5.74) is 3.18. The molecular weight excluding hydrogens is 192 g/mol. The Morgan fingerprint density at radius 1 is 0.938 bits per heavy atom. The van der Waals surface area contributed by atoms with Crippen molar-refractivity contribution in [2.24, 2.45) is 0 Å². The largest absolute Gasteiger partial charge is 0.0961 e. The average Bonchev–Trinajstić information content (AvgIpc) is 2.31. The van der Waals surface area contributed by atoms with E-state index in [1.165, 1.54) is 0 Å². The predicted octanol–water partition coefficient (Wildman–Crippen LogP) is 6.08. The number of rotatable bonds is 5. The van der Waals surface area contributed by atoms with Crippen LogP contribution in [0.4, 0.5) is 0 Å². The standard InChI is InChI=1S/C12H18.2C2H6/c1-6-7-11(4)12(5)9-8-10(2)3;2*1-2/h8-9H,2,4-7H2,1,3H3;2*1-2H3/b9-8-;;. The van der Waals surface area contributed by atoms with Crippen LogP contribution in [-0.2, 0) is 0 Å². The topological polar surface area (TPSA) is 0 Å². The maximum atomic E-state index is 3.94. The Balaban J connectivity index is -0.000000376. The smallest absolute Gasteiger partial charge is 0.0282 e. The fraction of sp³-hybridized carbons (Fsp3) is 0.500. The zero-order chi connectivity index (χ0) is 13.6. The summed E-state index contributed by atoms with van der Waals surface area (Å²) in [4.78, 5) is 0. The second-order valence-electron chi connectivity index (χ2n) is 3.06. The van der Waals surface area contributed by atoms with Crippen LogP contribution in [0.5, 0.6) is 0 Å². The SMILES string of the molecule is C=C(C)/C=C\C(=C)C(=C)CCC.CC.CC. The van der Waals surface area contributed by atoms with Crippen LogP contribution in [0.2, 0.25) is 0 Å². The van der Waals surface area contributed by atoms with Gasteiger partial charge in [0, 0.05) is 0 Å². The molecule has 0 unspecified atom stereocenters. The summed E-state index contributed by atoms with van der Waals surface area (Å²) in [6, 6.07) is 0. The molecule has 0 saturated carbocycles. The monoisotopic (exact) mass is 222 g/mol. The number of hydrogen-bond donors (Lipinski definition) is 0. The maximum absolute atomic E-state index is 3.94. The first-order chi connectivity index (χ1) is 7.57. The third-order valence-electron chi connectivity index (χ3n) is 1.57. The van der Waals surface area contributed by atoms with E-state index < -0.39 is 0 Å². The van der Waals surface area contributed by atoms with Crippen LogP contribution in [-0.4, -0.2) is 0 Å². The third kappa shape index (κ3) is 15.4. The minimum atomic E-state index is 1.01. The first-order valence-corrected chi connectivity index (χ1v) is 6.28. The van der Waals surface area contributed by atoms with E-state index in [-0.39, 0.29) is 0 Å². The molecule has 0 amide bonds. The van der Waals surface area contributed by atoms with Crippen molar-refractivity contribution in [1.29, 1.82) is 0 Å². The van der Waals surface area contributed by atoms with E-state index >= 15 is 0 Å². The fourth-order valence-corrected chi connectivity index (χ4v) is 0.823. The van der Waals surface area contributed by atoms with E-state index in [0.717, 1.165) is 29.6 Å². The van der Waals surface area contributed by atoms with Crippen molar-refractivity contribution >= 4 is 0 Å². The molecule has 94 valence electrons. The summed E-state index contributed by atoms with van der Waals surface area (Å²) >= 11 is 0. The normalized spacial score (nSPS) is 8.38. The Bertz CT molecular complexity index is 216. The maximum Gasteiger partial charge on any atom is -0.0282 e. The van der Waals surface area contributed by atoms with Gasteiger partial charge in [-0.15, -0.1) is 0 Å². The van der Waals surface area contributed by atoms with E-state index in [4.69, 9.17) is 0 Å². The highest BCUT2D eigenvalue weighted by Gasteiger charge is 1.93. The quantitative estimate of drug-likeness (QED) is 0.494. The summed E-state index contributed by atoms with van der Waals surface area (Å²) in [6.07, 6.45) is 6.08. The summed E-state index contributed by atoms with van der Waals surface area (Å²) in [6.45, 7) is 23.7. The van der Waals surface area contributed by atoms with Crippen molar-refractivity contribution in [2.75, 3.05) is 0 Å². The molecule has 0 spiro atoms. The Labute approximate surface area is 103 Å². The van der Waals surface area contributed by atoms with Gasteiger partial charge in [0.1, 0.15) is 0 Å². The molecule has 0 aromatic rings. The van der Waals surface area contributed by atoms with Gasteiger partial charge in [0.25, 0.3) is 0 Å². The van der Waals surface area contributed by atoms with Crippen LogP contribution in [0.25, 0.3) is 0 Å². The first-order valence-electron chi connectivity index (χ1n) is 6.28. The lowest BCUT2D eigenvalue weighted by Crippen LogP contribution is -1.82. The summed E-state index contributed by atoms with van der Waals surface area (Å²) in [5, 5.41) is 0. The van der Waals surface area contributed by atoms with Gasteiger partial charge in [-0.3, -0.25) is 0 Å². The van der Waals surface area contributed by atoms with Crippen LogP contribution < -0.4 is 0 Å². The zero-order valence-corrected chi connectivity index (χ0v) is 12.2. The average molecular weight is 222 g/mol. The van der Waals surface area contributed by atoms with Crippen LogP contribution in [0.1, 0.15) is 54.4 Å². The van der Waals surface area contributed by atoms with Gasteiger partial charge < -0.3 is 0 Å². The molecule has 0 aliphatic carbocycles. The fourth-order valence-electron chi connectivity index (χ4n) is 0.823. The van der Waals surface area contributed by atoms with E-state index in [2.05, 4.69) is 26.7 Å². The van der Waals surface area contributed by atoms with Gasteiger partial charge in [-0.05, 0) is 24.5 Å². The molecule has 0 heteroatoms. The lowest BCUT2D eigenvalue weighted by Gasteiger charge is -2.02. The summed E-state index contributed by atoms with van der Waals surface area (Å²) in [7, 11) is 0. The molecule has 0 radical (unpaired) electrons. The molecular formula is C16H30. The van der Waals surface area contributed by atoms with E-state index in [1.54, 1.807) is 0 Å². The number of hydrogen-bond acceptors (Lipinski definition) is 0. The Morgan fingerprint density at radius 2 is 1.38 bits per heavy atom. The molecule has 0 aliphatic heterocycles. The highest BCUT2D eigenvalue weighted by atomic mass is 14.0. The molecule has 0 aromatic carbocycles. The van der Waals surface area contributed by atoms with Crippen molar-refractivity contribution in [3.8, 4) is 0 Å². The van der Waals surface area contributed by atoms with E-state index in [1.807, 2.05) is 46.8 Å². The number of allylic oxidation sites excluding steroid dienone is 5. The molecule has 0 saturated heterocycles. The van der Waals surface area contributed by atoms with Crippen LogP contribution in [0, 0.1) is 0 Å². The van der Waals surface area contributed by atoms with Crippen molar-refractivity contribution in [3.63, 3.8) is 0 Å². The molecule has 0 rings (SSSR count). The highest BCUT2D eigenvalue weighted by Crippen LogP contribution is 2.13. The minimum absolute atomic E-state index is 1.01. The summed E-state index contributed by atoms with van der Waals surface area (Å²) < 4.78 is 0. The highest BCUT2D eigenvalue weighted by molar-refractivity contribution is 5.37. The molecule has 0 aromatic heterocycles. The molecule has 0 nitrogen and oxygen atoms in total.